The Balaban J connectivity index is 1.36. The predicted octanol–water partition coefficient (Wildman–Crippen LogP) is 2.53. The average molecular weight is 314 g/mol. The number of hydrogen-bond donors (Lipinski definition) is 1. The van der Waals surface area contributed by atoms with E-state index in [1.165, 1.54) is 10.1 Å². The maximum atomic E-state index is 12.3. The largest absolute Gasteiger partial charge is 0.352 e. The van der Waals surface area contributed by atoms with E-state index in [2.05, 4.69) is 35.0 Å². The van der Waals surface area contributed by atoms with Crippen molar-refractivity contribution in [2.75, 3.05) is 6.54 Å². The van der Waals surface area contributed by atoms with E-state index in [1.807, 2.05) is 4.90 Å². The van der Waals surface area contributed by atoms with Crippen molar-refractivity contribution in [2.24, 2.45) is 5.92 Å². The highest BCUT2D eigenvalue weighted by Crippen LogP contribution is 2.32. The molecule has 1 aliphatic heterocycles. The summed E-state index contributed by atoms with van der Waals surface area (Å²) in [5.74, 6) is -0.0396. The van der Waals surface area contributed by atoms with Gasteiger partial charge in [0.05, 0.1) is 5.92 Å². The Morgan fingerprint density at radius 3 is 3.00 bits per heavy atom. The lowest BCUT2D eigenvalue weighted by Gasteiger charge is -2.15. The molecular formula is C17H18N2O2S. The second kappa shape index (κ2) is 5.39. The van der Waals surface area contributed by atoms with E-state index in [0.29, 0.717) is 25.6 Å². The second-order valence-corrected chi connectivity index (χ2v) is 7.14. The van der Waals surface area contributed by atoms with Gasteiger partial charge < -0.3 is 10.2 Å². The van der Waals surface area contributed by atoms with Gasteiger partial charge in [0.15, 0.2) is 0 Å². The zero-order valence-corrected chi connectivity index (χ0v) is 13.1. The first-order chi connectivity index (χ1) is 10.7. The highest BCUT2D eigenvalue weighted by molar-refractivity contribution is 7.17. The molecule has 1 N–H and O–H groups in total. The number of fused-ring (bicyclic) bond motifs is 1. The SMILES string of the molecule is O=C(NCc1ccc2sccc2c1)[C@H]1CC(=O)N(C2CC2)C1. The zero-order chi connectivity index (χ0) is 15.1. The van der Waals surface area contributed by atoms with Crippen LogP contribution in [0.3, 0.4) is 0 Å². The third-order valence-corrected chi connectivity index (χ3v) is 5.40. The molecule has 22 heavy (non-hydrogen) atoms. The maximum Gasteiger partial charge on any atom is 0.225 e. The molecule has 2 heterocycles. The van der Waals surface area contributed by atoms with Gasteiger partial charge in [-0.1, -0.05) is 6.07 Å². The van der Waals surface area contributed by atoms with Gasteiger partial charge >= 0.3 is 0 Å². The van der Waals surface area contributed by atoms with E-state index in [-0.39, 0.29) is 17.7 Å². The van der Waals surface area contributed by atoms with Crippen LogP contribution in [0.4, 0.5) is 0 Å². The normalized spacial score (nSPS) is 21.5. The highest BCUT2D eigenvalue weighted by atomic mass is 32.1. The van der Waals surface area contributed by atoms with Gasteiger partial charge in [-0.3, -0.25) is 9.59 Å². The van der Waals surface area contributed by atoms with Crippen LogP contribution in [0, 0.1) is 5.92 Å². The van der Waals surface area contributed by atoms with Crippen molar-refractivity contribution in [3.63, 3.8) is 0 Å². The minimum absolute atomic E-state index is 0.00177. The molecule has 114 valence electrons. The summed E-state index contributed by atoms with van der Waals surface area (Å²) in [6.07, 6.45) is 2.56. The van der Waals surface area contributed by atoms with Crippen LogP contribution < -0.4 is 5.32 Å². The number of amides is 2. The topological polar surface area (TPSA) is 49.4 Å². The van der Waals surface area contributed by atoms with E-state index in [9.17, 15) is 9.59 Å². The monoisotopic (exact) mass is 314 g/mol. The summed E-state index contributed by atoms with van der Waals surface area (Å²) >= 11 is 1.72. The summed E-state index contributed by atoms with van der Waals surface area (Å²) < 4.78 is 1.26. The minimum atomic E-state index is -0.182. The van der Waals surface area contributed by atoms with Crippen LogP contribution in [-0.4, -0.2) is 29.3 Å². The minimum Gasteiger partial charge on any atom is -0.352 e. The van der Waals surface area contributed by atoms with Crippen molar-refractivity contribution in [2.45, 2.75) is 31.8 Å². The Morgan fingerprint density at radius 1 is 1.32 bits per heavy atom. The van der Waals surface area contributed by atoms with Crippen LogP contribution in [0.2, 0.25) is 0 Å². The number of nitrogens with zero attached hydrogens (tertiary/aromatic N) is 1. The molecule has 2 amide bonds. The lowest BCUT2D eigenvalue weighted by Crippen LogP contribution is -2.33. The van der Waals surface area contributed by atoms with Crippen molar-refractivity contribution in [3.8, 4) is 0 Å². The lowest BCUT2D eigenvalue weighted by atomic mass is 10.1. The van der Waals surface area contributed by atoms with Gasteiger partial charge in [-0.2, -0.15) is 0 Å². The Hall–Kier alpha value is -1.88. The van der Waals surface area contributed by atoms with Gasteiger partial charge in [0.1, 0.15) is 0 Å². The van der Waals surface area contributed by atoms with Gasteiger partial charge in [-0.05, 0) is 47.4 Å². The molecule has 1 aromatic heterocycles. The molecule has 1 aliphatic carbocycles. The summed E-state index contributed by atoms with van der Waals surface area (Å²) in [7, 11) is 0. The lowest BCUT2D eigenvalue weighted by molar-refractivity contribution is -0.129. The molecule has 0 bridgehead atoms. The number of thiophene rings is 1. The standard InChI is InChI=1S/C17H18N2O2S/c20-16-8-13(10-19(16)14-2-3-14)17(21)18-9-11-1-4-15-12(7-11)5-6-22-15/h1,4-7,13-14H,2-3,8-10H2,(H,18,21)/t13-/m0/s1. The van der Waals surface area contributed by atoms with E-state index < -0.39 is 0 Å². The summed E-state index contributed by atoms with van der Waals surface area (Å²) in [5.41, 5.74) is 1.10. The maximum absolute atomic E-state index is 12.3. The summed E-state index contributed by atoms with van der Waals surface area (Å²) in [6, 6.07) is 8.76. The smallest absolute Gasteiger partial charge is 0.225 e. The van der Waals surface area contributed by atoms with Crippen LogP contribution in [0.25, 0.3) is 10.1 Å². The summed E-state index contributed by atoms with van der Waals surface area (Å²) in [4.78, 5) is 26.1. The number of nitrogens with one attached hydrogen (secondary N) is 1. The number of carbonyl (C=O) groups excluding carboxylic acids is 2. The fourth-order valence-corrected chi connectivity index (χ4v) is 3.88. The molecule has 1 atom stereocenters. The number of benzene rings is 1. The zero-order valence-electron chi connectivity index (χ0n) is 12.2. The summed E-state index contributed by atoms with van der Waals surface area (Å²) in [6.45, 7) is 1.12. The molecular weight excluding hydrogens is 296 g/mol. The van der Waals surface area contributed by atoms with E-state index in [0.717, 1.165) is 18.4 Å². The second-order valence-electron chi connectivity index (χ2n) is 6.19. The van der Waals surface area contributed by atoms with E-state index >= 15 is 0 Å². The van der Waals surface area contributed by atoms with Crippen molar-refractivity contribution < 1.29 is 9.59 Å². The Kier molecular flexibility index (Phi) is 3.37. The van der Waals surface area contributed by atoms with Crippen molar-refractivity contribution >= 4 is 33.2 Å². The van der Waals surface area contributed by atoms with Crippen molar-refractivity contribution in [1.29, 1.82) is 0 Å². The van der Waals surface area contributed by atoms with Crippen LogP contribution in [0.15, 0.2) is 29.6 Å². The molecule has 4 rings (SSSR count). The van der Waals surface area contributed by atoms with Crippen LogP contribution in [0.1, 0.15) is 24.8 Å². The van der Waals surface area contributed by atoms with Gasteiger partial charge in [0, 0.05) is 30.3 Å². The molecule has 2 aromatic rings. The van der Waals surface area contributed by atoms with E-state index in [4.69, 9.17) is 0 Å². The molecule has 0 radical (unpaired) electrons. The molecule has 1 aromatic carbocycles. The van der Waals surface area contributed by atoms with Gasteiger partial charge in [0.25, 0.3) is 0 Å². The first kappa shape index (κ1) is 13.8. The predicted molar refractivity (Wildman–Crippen MR) is 86.5 cm³/mol. The number of carbonyl (C=O) groups is 2. The van der Waals surface area contributed by atoms with Crippen LogP contribution in [-0.2, 0) is 16.1 Å². The molecule has 0 spiro atoms. The van der Waals surface area contributed by atoms with Gasteiger partial charge in [-0.25, -0.2) is 0 Å². The first-order valence-electron chi connectivity index (χ1n) is 7.74. The number of rotatable bonds is 4. The molecule has 2 aliphatic rings. The number of likely N-dealkylation sites (tertiary alicyclic amines) is 1. The fraction of sp³-hybridized carbons (Fsp3) is 0.412. The number of hydrogen-bond acceptors (Lipinski definition) is 3. The third-order valence-electron chi connectivity index (χ3n) is 4.50. The molecule has 1 saturated heterocycles. The van der Waals surface area contributed by atoms with Crippen LogP contribution >= 0.6 is 11.3 Å². The van der Waals surface area contributed by atoms with Crippen molar-refractivity contribution in [1.82, 2.24) is 10.2 Å². The van der Waals surface area contributed by atoms with Gasteiger partial charge in [-0.15, -0.1) is 11.3 Å². The Bertz CT molecular complexity index is 735. The molecule has 1 saturated carbocycles. The highest BCUT2D eigenvalue weighted by Gasteiger charge is 2.41. The van der Waals surface area contributed by atoms with Crippen LogP contribution in [0.5, 0.6) is 0 Å². The molecule has 4 nitrogen and oxygen atoms in total. The fourth-order valence-electron chi connectivity index (χ4n) is 3.11. The van der Waals surface area contributed by atoms with E-state index in [1.54, 1.807) is 11.3 Å². The Morgan fingerprint density at radius 2 is 2.18 bits per heavy atom. The quantitative estimate of drug-likeness (QED) is 0.943. The van der Waals surface area contributed by atoms with Crippen molar-refractivity contribution in [3.05, 3.63) is 35.2 Å². The molecule has 2 fully saturated rings. The third kappa shape index (κ3) is 2.61. The average Bonchev–Trinajstić information content (AvgIpc) is 3.12. The summed E-state index contributed by atoms with van der Waals surface area (Å²) in [5, 5.41) is 6.27. The molecule has 5 heteroatoms. The first-order valence-corrected chi connectivity index (χ1v) is 8.62. The molecule has 0 unspecified atom stereocenters. The Labute approximate surface area is 133 Å². The van der Waals surface area contributed by atoms with Gasteiger partial charge in [0.2, 0.25) is 11.8 Å².